The number of halogens is 1. The molecule has 0 saturated heterocycles. The van der Waals surface area contributed by atoms with E-state index in [-0.39, 0.29) is 34.3 Å². The van der Waals surface area contributed by atoms with Crippen LogP contribution in [0.4, 0.5) is 5.00 Å². The van der Waals surface area contributed by atoms with E-state index in [1.165, 1.54) is 10.6 Å². The van der Waals surface area contributed by atoms with Crippen LogP contribution in [0.5, 0.6) is 0 Å². The molecule has 0 bridgehead atoms. The number of amides is 1. The molecule has 0 atom stereocenters. The molecule has 0 aliphatic rings. The second kappa shape index (κ2) is 8.70. The van der Waals surface area contributed by atoms with E-state index < -0.39 is 17.8 Å². The van der Waals surface area contributed by atoms with Crippen LogP contribution in [-0.4, -0.2) is 45.7 Å². The van der Waals surface area contributed by atoms with Crippen LogP contribution in [0.3, 0.4) is 0 Å². The summed E-state index contributed by atoms with van der Waals surface area (Å²) in [4.78, 5) is 41.8. The molecule has 1 amide bonds. The molecule has 3 heterocycles. The van der Waals surface area contributed by atoms with Crippen LogP contribution < -0.4 is 5.32 Å². The third-order valence-electron chi connectivity index (χ3n) is 3.83. The molecular formula is C18H17BrN4O5S. The van der Waals surface area contributed by atoms with Gasteiger partial charge in [0.25, 0.3) is 5.91 Å². The number of anilines is 1. The Labute approximate surface area is 178 Å². The van der Waals surface area contributed by atoms with Crippen molar-refractivity contribution in [2.45, 2.75) is 20.8 Å². The molecule has 11 heteroatoms. The number of thiophene rings is 1. The minimum absolute atomic E-state index is 0.106. The van der Waals surface area contributed by atoms with Gasteiger partial charge in [0.15, 0.2) is 11.3 Å². The largest absolute Gasteiger partial charge is 0.462 e. The van der Waals surface area contributed by atoms with Crippen LogP contribution in [0.15, 0.2) is 22.9 Å². The van der Waals surface area contributed by atoms with Gasteiger partial charge in [-0.25, -0.2) is 19.1 Å². The number of nitrogens with zero attached hydrogens (tertiary/aromatic N) is 3. The quantitative estimate of drug-likeness (QED) is 0.537. The van der Waals surface area contributed by atoms with Gasteiger partial charge in [0.1, 0.15) is 9.88 Å². The fourth-order valence-electron chi connectivity index (χ4n) is 2.57. The van der Waals surface area contributed by atoms with E-state index in [0.717, 1.165) is 11.3 Å². The van der Waals surface area contributed by atoms with Gasteiger partial charge in [-0.15, -0.1) is 11.3 Å². The van der Waals surface area contributed by atoms with Crippen LogP contribution in [0.2, 0.25) is 0 Å². The number of ether oxygens (including phenoxy) is 2. The first kappa shape index (κ1) is 20.9. The lowest BCUT2D eigenvalue weighted by Gasteiger charge is -2.06. The molecule has 3 aromatic rings. The van der Waals surface area contributed by atoms with Gasteiger partial charge in [-0.1, -0.05) is 0 Å². The van der Waals surface area contributed by atoms with Gasteiger partial charge in [-0.2, -0.15) is 5.10 Å². The highest BCUT2D eigenvalue weighted by atomic mass is 79.9. The highest BCUT2D eigenvalue weighted by molar-refractivity contribution is 9.10. The highest BCUT2D eigenvalue weighted by Gasteiger charge is 2.28. The summed E-state index contributed by atoms with van der Waals surface area (Å²) in [6.45, 7) is 5.31. The number of nitrogens with one attached hydrogen (secondary N) is 1. The van der Waals surface area contributed by atoms with Gasteiger partial charge in [-0.3, -0.25) is 4.79 Å². The normalized spacial score (nSPS) is 10.8. The number of hydrogen-bond donors (Lipinski definition) is 1. The molecule has 152 valence electrons. The summed E-state index contributed by atoms with van der Waals surface area (Å²) in [6.07, 6.45) is 3.25. The Hall–Kier alpha value is -2.79. The number of hydrogen-bond acceptors (Lipinski definition) is 8. The molecule has 1 N–H and O–H groups in total. The summed E-state index contributed by atoms with van der Waals surface area (Å²) in [7, 11) is 0. The summed E-state index contributed by atoms with van der Waals surface area (Å²) in [5.74, 6) is -1.75. The topological polar surface area (TPSA) is 112 Å². The van der Waals surface area contributed by atoms with Crippen molar-refractivity contribution in [1.29, 1.82) is 0 Å². The minimum atomic E-state index is -0.632. The standard InChI is InChI=1S/C18H17BrN4O5S/c1-4-27-17(25)13-9(3)14(18(26)28-5-2)29-16(13)21-15(24)11-6-12-20-7-10(19)8-23(12)22-11/h6-8H,4-5H2,1-3H3,(H,21,24). The lowest BCUT2D eigenvalue weighted by molar-refractivity contribution is 0.0527. The molecule has 9 nitrogen and oxygen atoms in total. The molecular weight excluding hydrogens is 464 g/mol. The zero-order chi connectivity index (χ0) is 21.1. The minimum Gasteiger partial charge on any atom is -0.462 e. The molecule has 0 saturated carbocycles. The molecule has 0 fully saturated rings. The maximum Gasteiger partial charge on any atom is 0.348 e. The number of esters is 2. The first-order valence-electron chi connectivity index (χ1n) is 8.65. The van der Waals surface area contributed by atoms with Crippen molar-refractivity contribution in [3.8, 4) is 0 Å². The van der Waals surface area contributed by atoms with E-state index in [0.29, 0.717) is 15.7 Å². The summed E-state index contributed by atoms with van der Waals surface area (Å²) in [5.41, 5.74) is 1.10. The van der Waals surface area contributed by atoms with Gasteiger partial charge in [-0.05, 0) is 42.3 Å². The second-order valence-electron chi connectivity index (χ2n) is 5.76. The molecule has 0 aromatic carbocycles. The predicted octanol–water partition coefficient (Wildman–Crippen LogP) is 3.47. The zero-order valence-electron chi connectivity index (χ0n) is 15.8. The average molecular weight is 481 g/mol. The molecule has 0 aliphatic carbocycles. The monoisotopic (exact) mass is 480 g/mol. The van der Waals surface area contributed by atoms with E-state index in [9.17, 15) is 14.4 Å². The van der Waals surface area contributed by atoms with Crippen LogP contribution >= 0.6 is 27.3 Å². The van der Waals surface area contributed by atoms with Gasteiger partial charge in [0.2, 0.25) is 0 Å². The first-order valence-corrected chi connectivity index (χ1v) is 10.3. The van der Waals surface area contributed by atoms with E-state index in [2.05, 4.69) is 31.3 Å². The molecule has 0 unspecified atom stereocenters. The Kier molecular flexibility index (Phi) is 6.28. The van der Waals surface area contributed by atoms with Gasteiger partial charge in [0.05, 0.1) is 23.2 Å². The van der Waals surface area contributed by atoms with Crippen LogP contribution in [0.1, 0.15) is 49.9 Å². The van der Waals surface area contributed by atoms with Crippen LogP contribution in [0.25, 0.3) is 5.65 Å². The van der Waals surface area contributed by atoms with Gasteiger partial charge < -0.3 is 14.8 Å². The van der Waals surface area contributed by atoms with Crippen molar-refractivity contribution in [3.63, 3.8) is 0 Å². The zero-order valence-corrected chi connectivity index (χ0v) is 18.2. The van der Waals surface area contributed by atoms with E-state index in [4.69, 9.17) is 9.47 Å². The van der Waals surface area contributed by atoms with Gasteiger partial charge in [0, 0.05) is 18.5 Å². The van der Waals surface area contributed by atoms with Crippen molar-refractivity contribution in [1.82, 2.24) is 14.6 Å². The SMILES string of the molecule is CCOC(=O)c1sc(NC(=O)c2cc3ncc(Br)cn3n2)c(C(=O)OCC)c1C. The average Bonchev–Trinajstić information content (AvgIpc) is 3.22. The smallest absolute Gasteiger partial charge is 0.348 e. The fourth-order valence-corrected chi connectivity index (χ4v) is 3.95. The maximum atomic E-state index is 12.7. The molecule has 3 aromatic heterocycles. The van der Waals surface area contributed by atoms with Crippen molar-refractivity contribution in [2.24, 2.45) is 0 Å². The molecule has 29 heavy (non-hydrogen) atoms. The number of rotatable bonds is 6. The first-order chi connectivity index (χ1) is 13.8. The second-order valence-corrected chi connectivity index (χ2v) is 7.70. The molecule has 3 rings (SSSR count). The van der Waals surface area contributed by atoms with Crippen LogP contribution in [-0.2, 0) is 9.47 Å². The van der Waals surface area contributed by atoms with Gasteiger partial charge >= 0.3 is 11.9 Å². The van der Waals surface area contributed by atoms with Crippen LogP contribution in [0, 0.1) is 6.92 Å². The Morgan fingerprint density at radius 2 is 1.90 bits per heavy atom. The molecule has 0 aliphatic heterocycles. The number of fused-ring (bicyclic) bond motifs is 1. The van der Waals surface area contributed by atoms with E-state index in [1.54, 1.807) is 33.2 Å². The molecule has 0 spiro atoms. The third-order valence-corrected chi connectivity index (χ3v) is 5.43. The highest BCUT2D eigenvalue weighted by Crippen LogP contribution is 2.34. The third kappa shape index (κ3) is 4.30. The van der Waals surface area contributed by atoms with E-state index >= 15 is 0 Å². The fraction of sp³-hybridized carbons (Fsp3) is 0.278. The Balaban J connectivity index is 1.97. The van der Waals surface area contributed by atoms with Crippen molar-refractivity contribution in [2.75, 3.05) is 18.5 Å². The lowest BCUT2D eigenvalue weighted by Crippen LogP contribution is -2.15. The number of aromatic nitrogens is 3. The predicted molar refractivity (Wildman–Crippen MR) is 110 cm³/mol. The molecule has 0 radical (unpaired) electrons. The Morgan fingerprint density at radius 3 is 2.59 bits per heavy atom. The number of carbonyl (C=O) groups excluding carboxylic acids is 3. The Morgan fingerprint density at radius 1 is 1.21 bits per heavy atom. The summed E-state index contributed by atoms with van der Waals surface area (Å²) in [6, 6.07) is 1.51. The summed E-state index contributed by atoms with van der Waals surface area (Å²) < 4.78 is 12.3. The van der Waals surface area contributed by atoms with Crippen molar-refractivity contribution < 1.29 is 23.9 Å². The maximum absolute atomic E-state index is 12.7. The van der Waals surface area contributed by atoms with Crippen molar-refractivity contribution in [3.05, 3.63) is 44.6 Å². The summed E-state index contributed by atoms with van der Waals surface area (Å²) in [5, 5.41) is 7.03. The van der Waals surface area contributed by atoms with Crippen molar-refractivity contribution >= 4 is 55.8 Å². The Bertz CT molecular complexity index is 1110. The van der Waals surface area contributed by atoms with E-state index in [1.807, 2.05) is 0 Å². The number of carbonyl (C=O) groups is 3. The lowest BCUT2D eigenvalue weighted by atomic mass is 10.1. The summed E-state index contributed by atoms with van der Waals surface area (Å²) >= 11 is 4.25.